The number of thiazole rings is 1. The summed E-state index contributed by atoms with van der Waals surface area (Å²) in [4.78, 5) is 5.69. The molecule has 1 heterocycles. The van der Waals surface area contributed by atoms with Crippen molar-refractivity contribution in [2.45, 2.75) is 39.5 Å². The standard InChI is InChI=1S/C15H18ClNS/c1-3-5-6-11-7-9-12(10-8-11)14-13(4-2)18-15(16)17-14/h7-10H,3-6H2,1-2H3. The maximum Gasteiger partial charge on any atom is 0.184 e. The maximum absolute atomic E-state index is 6.00. The first-order valence-corrected chi connectivity index (χ1v) is 7.68. The number of hydrogen-bond donors (Lipinski definition) is 0. The summed E-state index contributed by atoms with van der Waals surface area (Å²) in [6, 6.07) is 8.74. The van der Waals surface area contributed by atoms with Gasteiger partial charge in [0.25, 0.3) is 0 Å². The molecular formula is C15H18ClNS. The van der Waals surface area contributed by atoms with Crippen molar-refractivity contribution in [2.75, 3.05) is 0 Å². The molecule has 0 unspecified atom stereocenters. The van der Waals surface area contributed by atoms with Crippen LogP contribution in [0.25, 0.3) is 11.3 Å². The largest absolute Gasteiger partial charge is 0.225 e. The molecule has 0 fully saturated rings. The van der Waals surface area contributed by atoms with E-state index in [1.807, 2.05) is 0 Å². The molecule has 0 saturated heterocycles. The van der Waals surface area contributed by atoms with Crippen LogP contribution in [-0.4, -0.2) is 4.98 Å². The van der Waals surface area contributed by atoms with Gasteiger partial charge in [0.2, 0.25) is 0 Å². The smallest absolute Gasteiger partial charge is 0.184 e. The third-order valence-electron chi connectivity index (χ3n) is 3.04. The summed E-state index contributed by atoms with van der Waals surface area (Å²) < 4.78 is 0.636. The lowest BCUT2D eigenvalue weighted by atomic mass is 10.0. The van der Waals surface area contributed by atoms with Gasteiger partial charge in [-0.25, -0.2) is 4.98 Å². The van der Waals surface area contributed by atoms with Crippen LogP contribution in [0.5, 0.6) is 0 Å². The summed E-state index contributed by atoms with van der Waals surface area (Å²) in [6.07, 6.45) is 4.64. The van der Waals surface area contributed by atoms with Crippen LogP contribution in [0.2, 0.25) is 4.47 Å². The fourth-order valence-corrected chi connectivity index (χ4v) is 3.11. The van der Waals surface area contributed by atoms with Crippen molar-refractivity contribution in [1.82, 2.24) is 4.98 Å². The van der Waals surface area contributed by atoms with Crippen LogP contribution in [0.15, 0.2) is 24.3 Å². The first-order valence-electron chi connectivity index (χ1n) is 6.49. The number of aryl methyl sites for hydroxylation is 2. The zero-order valence-electron chi connectivity index (χ0n) is 10.9. The Morgan fingerprint density at radius 1 is 1.17 bits per heavy atom. The summed E-state index contributed by atoms with van der Waals surface area (Å²) in [5, 5.41) is 0. The van der Waals surface area contributed by atoms with Gasteiger partial charge in [0, 0.05) is 10.4 Å². The van der Waals surface area contributed by atoms with E-state index in [-0.39, 0.29) is 0 Å². The van der Waals surface area contributed by atoms with Gasteiger partial charge < -0.3 is 0 Å². The normalized spacial score (nSPS) is 10.8. The van der Waals surface area contributed by atoms with Crippen LogP contribution in [0.1, 0.15) is 37.1 Å². The minimum absolute atomic E-state index is 0.636. The number of benzene rings is 1. The lowest BCUT2D eigenvalue weighted by Crippen LogP contribution is -1.87. The Balaban J connectivity index is 2.22. The van der Waals surface area contributed by atoms with Crippen molar-refractivity contribution in [1.29, 1.82) is 0 Å². The Morgan fingerprint density at radius 3 is 2.50 bits per heavy atom. The van der Waals surface area contributed by atoms with Crippen molar-refractivity contribution in [2.24, 2.45) is 0 Å². The molecule has 18 heavy (non-hydrogen) atoms. The Hall–Kier alpha value is -0.860. The molecule has 0 saturated carbocycles. The molecule has 1 aromatic carbocycles. The molecule has 0 amide bonds. The fraction of sp³-hybridized carbons (Fsp3) is 0.400. The molecule has 2 aromatic rings. The molecule has 1 aromatic heterocycles. The monoisotopic (exact) mass is 279 g/mol. The number of rotatable bonds is 5. The average Bonchev–Trinajstić information content (AvgIpc) is 2.78. The molecule has 96 valence electrons. The van der Waals surface area contributed by atoms with Gasteiger partial charge in [0.1, 0.15) is 0 Å². The topological polar surface area (TPSA) is 12.9 Å². The van der Waals surface area contributed by atoms with E-state index >= 15 is 0 Å². The molecule has 0 atom stereocenters. The molecule has 0 radical (unpaired) electrons. The van der Waals surface area contributed by atoms with Gasteiger partial charge in [0.15, 0.2) is 4.47 Å². The third kappa shape index (κ3) is 3.12. The van der Waals surface area contributed by atoms with Crippen molar-refractivity contribution in [3.05, 3.63) is 39.2 Å². The van der Waals surface area contributed by atoms with Gasteiger partial charge in [-0.05, 0) is 24.8 Å². The summed E-state index contributed by atoms with van der Waals surface area (Å²) in [7, 11) is 0. The van der Waals surface area contributed by atoms with Gasteiger partial charge in [-0.1, -0.05) is 56.1 Å². The third-order valence-corrected chi connectivity index (χ3v) is 4.34. The first-order chi connectivity index (χ1) is 8.74. The van der Waals surface area contributed by atoms with E-state index in [0.717, 1.165) is 18.5 Å². The summed E-state index contributed by atoms with van der Waals surface area (Å²) in [5.41, 5.74) is 3.63. The highest BCUT2D eigenvalue weighted by Crippen LogP contribution is 2.31. The van der Waals surface area contributed by atoms with Gasteiger partial charge in [-0.2, -0.15) is 0 Å². The number of hydrogen-bond acceptors (Lipinski definition) is 2. The molecule has 1 nitrogen and oxygen atoms in total. The van der Waals surface area contributed by atoms with E-state index in [1.54, 1.807) is 11.3 Å². The molecule has 0 bridgehead atoms. The molecule has 0 aliphatic rings. The number of nitrogens with zero attached hydrogens (tertiary/aromatic N) is 1. The van der Waals surface area contributed by atoms with Gasteiger partial charge in [0.05, 0.1) is 5.69 Å². The van der Waals surface area contributed by atoms with E-state index in [4.69, 9.17) is 11.6 Å². The molecule has 2 rings (SSSR count). The van der Waals surface area contributed by atoms with E-state index < -0.39 is 0 Å². The highest BCUT2D eigenvalue weighted by Gasteiger charge is 2.10. The predicted molar refractivity (Wildman–Crippen MR) is 80.6 cm³/mol. The molecule has 0 N–H and O–H groups in total. The Labute approximate surface area is 118 Å². The van der Waals surface area contributed by atoms with Gasteiger partial charge in [-0.3, -0.25) is 0 Å². The predicted octanol–water partition coefficient (Wildman–Crippen LogP) is 5.37. The summed E-state index contributed by atoms with van der Waals surface area (Å²) >= 11 is 7.58. The second kappa shape index (κ2) is 6.35. The molecular weight excluding hydrogens is 262 g/mol. The lowest BCUT2D eigenvalue weighted by Gasteiger charge is -2.03. The zero-order valence-corrected chi connectivity index (χ0v) is 12.4. The second-order valence-corrected chi connectivity index (χ2v) is 6.06. The Bertz CT molecular complexity index is 502. The summed E-state index contributed by atoms with van der Waals surface area (Å²) in [6.45, 7) is 4.36. The van der Waals surface area contributed by atoms with Crippen LogP contribution in [0, 0.1) is 0 Å². The van der Waals surface area contributed by atoms with Crippen molar-refractivity contribution < 1.29 is 0 Å². The molecule has 0 spiro atoms. The van der Waals surface area contributed by atoms with Crippen LogP contribution < -0.4 is 0 Å². The van der Waals surface area contributed by atoms with Crippen LogP contribution in [0.3, 0.4) is 0 Å². The summed E-state index contributed by atoms with van der Waals surface area (Å²) in [5.74, 6) is 0. The van der Waals surface area contributed by atoms with E-state index in [2.05, 4.69) is 43.1 Å². The van der Waals surface area contributed by atoms with Crippen LogP contribution >= 0.6 is 22.9 Å². The van der Waals surface area contributed by atoms with Gasteiger partial charge in [-0.15, -0.1) is 11.3 Å². The molecule has 0 aliphatic carbocycles. The highest BCUT2D eigenvalue weighted by atomic mass is 35.5. The molecule has 3 heteroatoms. The van der Waals surface area contributed by atoms with Crippen molar-refractivity contribution in [3.8, 4) is 11.3 Å². The Kier molecular flexibility index (Phi) is 4.79. The second-order valence-electron chi connectivity index (χ2n) is 4.39. The van der Waals surface area contributed by atoms with E-state index in [0.29, 0.717) is 4.47 Å². The van der Waals surface area contributed by atoms with Crippen LogP contribution in [-0.2, 0) is 12.8 Å². The minimum atomic E-state index is 0.636. The van der Waals surface area contributed by atoms with E-state index in [9.17, 15) is 0 Å². The first kappa shape index (κ1) is 13.6. The fourth-order valence-electron chi connectivity index (χ4n) is 2.00. The number of unbranched alkanes of at least 4 members (excludes halogenated alkanes) is 1. The Morgan fingerprint density at radius 2 is 1.89 bits per heavy atom. The average molecular weight is 280 g/mol. The van der Waals surface area contributed by atoms with Crippen molar-refractivity contribution >= 4 is 22.9 Å². The van der Waals surface area contributed by atoms with E-state index in [1.165, 1.54) is 28.8 Å². The van der Waals surface area contributed by atoms with Crippen molar-refractivity contribution in [3.63, 3.8) is 0 Å². The van der Waals surface area contributed by atoms with Gasteiger partial charge >= 0.3 is 0 Å². The quantitative estimate of drug-likeness (QED) is 0.717. The lowest BCUT2D eigenvalue weighted by molar-refractivity contribution is 0.795. The number of aromatic nitrogens is 1. The number of halogens is 1. The SMILES string of the molecule is CCCCc1ccc(-c2nc(Cl)sc2CC)cc1. The van der Waals surface area contributed by atoms with Crippen LogP contribution in [0.4, 0.5) is 0 Å². The molecule has 0 aliphatic heterocycles. The zero-order chi connectivity index (χ0) is 13.0. The highest BCUT2D eigenvalue weighted by molar-refractivity contribution is 7.16. The maximum atomic E-state index is 6.00. The minimum Gasteiger partial charge on any atom is -0.225 e.